The SMILES string of the molecule is O=C1NC2CCC2c2cc(Br)ccc21. The summed E-state index contributed by atoms with van der Waals surface area (Å²) < 4.78 is 1.07. The molecule has 2 aliphatic rings. The van der Waals surface area contributed by atoms with Crippen molar-refractivity contribution >= 4 is 21.8 Å². The Balaban J connectivity index is 2.16. The molecule has 1 heterocycles. The Labute approximate surface area is 90.8 Å². The first-order valence-electron chi connectivity index (χ1n) is 4.86. The predicted octanol–water partition coefficient (Wildman–Crippen LogP) is 2.44. The Bertz CT molecular complexity index is 416. The Kier molecular flexibility index (Phi) is 1.71. The third kappa shape index (κ3) is 1.05. The molecule has 1 aromatic carbocycles. The molecule has 1 saturated carbocycles. The Morgan fingerprint density at radius 3 is 2.93 bits per heavy atom. The van der Waals surface area contributed by atoms with Gasteiger partial charge in [-0.3, -0.25) is 4.79 Å². The summed E-state index contributed by atoms with van der Waals surface area (Å²) in [5, 5.41) is 3.04. The van der Waals surface area contributed by atoms with Crippen LogP contribution in [0.15, 0.2) is 22.7 Å². The molecule has 1 aliphatic carbocycles. The summed E-state index contributed by atoms with van der Waals surface area (Å²) in [5.74, 6) is 0.647. The van der Waals surface area contributed by atoms with Crippen molar-refractivity contribution in [2.75, 3.05) is 0 Å². The van der Waals surface area contributed by atoms with Gasteiger partial charge in [0, 0.05) is 22.0 Å². The highest BCUT2D eigenvalue weighted by atomic mass is 79.9. The molecule has 1 aromatic rings. The van der Waals surface area contributed by atoms with Gasteiger partial charge in [0.05, 0.1) is 0 Å². The van der Waals surface area contributed by atoms with Crippen molar-refractivity contribution in [1.82, 2.24) is 5.32 Å². The molecule has 1 fully saturated rings. The second kappa shape index (κ2) is 2.83. The normalized spacial score (nSPS) is 28.5. The number of amides is 1. The van der Waals surface area contributed by atoms with Crippen LogP contribution in [0, 0.1) is 0 Å². The van der Waals surface area contributed by atoms with Crippen molar-refractivity contribution in [3.05, 3.63) is 33.8 Å². The largest absolute Gasteiger partial charge is 0.349 e. The topological polar surface area (TPSA) is 29.1 Å². The molecule has 14 heavy (non-hydrogen) atoms. The van der Waals surface area contributed by atoms with Crippen LogP contribution in [0.3, 0.4) is 0 Å². The number of nitrogens with one attached hydrogen (secondary N) is 1. The number of rotatable bonds is 0. The Hall–Kier alpha value is -0.830. The third-order valence-electron chi connectivity index (χ3n) is 3.25. The lowest BCUT2D eigenvalue weighted by Gasteiger charge is -2.42. The molecule has 0 aromatic heterocycles. The molecule has 3 heteroatoms. The molecule has 1 N–H and O–H groups in total. The highest BCUT2D eigenvalue weighted by Gasteiger charge is 2.39. The number of halogens is 1. The van der Waals surface area contributed by atoms with E-state index in [9.17, 15) is 4.79 Å². The smallest absolute Gasteiger partial charge is 0.251 e. The predicted molar refractivity (Wildman–Crippen MR) is 57.4 cm³/mol. The fraction of sp³-hybridized carbons (Fsp3) is 0.364. The van der Waals surface area contributed by atoms with Gasteiger partial charge in [-0.25, -0.2) is 0 Å². The van der Waals surface area contributed by atoms with Gasteiger partial charge >= 0.3 is 0 Å². The minimum atomic E-state index is 0.0912. The lowest BCUT2D eigenvalue weighted by molar-refractivity contribution is 0.0878. The summed E-state index contributed by atoms with van der Waals surface area (Å²) >= 11 is 3.45. The quantitative estimate of drug-likeness (QED) is 0.754. The summed E-state index contributed by atoms with van der Waals surface area (Å²) in [4.78, 5) is 11.7. The molecular weight excluding hydrogens is 242 g/mol. The van der Waals surface area contributed by atoms with Crippen LogP contribution in [0.4, 0.5) is 0 Å². The van der Waals surface area contributed by atoms with Crippen molar-refractivity contribution < 1.29 is 4.79 Å². The van der Waals surface area contributed by atoms with Crippen molar-refractivity contribution in [2.45, 2.75) is 24.8 Å². The van der Waals surface area contributed by atoms with Gasteiger partial charge < -0.3 is 5.32 Å². The lowest BCUT2D eigenvalue weighted by atomic mass is 9.71. The average molecular weight is 252 g/mol. The van der Waals surface area contributed by atoms with E-state index in [1.165, 1.54) is 12.0 Å². The van der Waals surface area contributed by atoms with E-state index in [1.54, 1.807) is 0 Å². The summed E-state index contributed by atoms with van der Waals surface area (Å²) in [6, 6.07) is 6.32. The van der Waals surface area contributed by atoms with Gasteiger partial charge in [-0.2, -0.15) is 0 Å². The van der Waals surface area contributed by atoms with Crippen LogP contribution in [0.2, 0.25) is 0 Å². The third-order valence-corrected chi connectivity index (χ3v) is 3.74. The monoisotopic (exact) mass is 251 g/mol. The van der Waals surface area contributed by atoms with E-state index in [1.807, 2.05) is 12.1 Å². The van der Waals surface area contributed by atoms with Crippen LogP contribution < -0.4 is 5.32 Å². The molecule has 1 amide bonds. The molecule has 0 spiro atoms. The van der Waals surface area contributed by atoms with E-state index in [4.69, 9.17) is 0 Å². The number of carbonyl (C=O) groups is 1. The maximum Gasteiger partial charge on any atom is 0.251 e. The molecule has 72 valence electrons. The molecule has 0 radical (unpaired) electrons. The summed E-state index contributed by atoms with van der Waals surface area (Å²) in [6.07, 6.45) is 2.33. The molecule has 3 rings (SSSR count). The van der Waals surface area contributed by atoms with Crippen LogP contribution in [0.5, 0.6) is 0 Å². The average Bonchev–Trinajstić information content (AvgIpc) is 2.11. The van der Waals surface area contributed by atoms with E-state index < -0.39 is 0 Å². The molecule has 1 aliphatic heterocycles. The molecular formula is C11H10BrNO. The second-order valence-corrected chi connectivity index (χ2v) is 4.91. The first kappa shape index (κ1) is 8.48. The molecule has 2 nitrogen and oxygen atoms in total. The molecule has 0 bridgehead atoms. The second-order valence-electron chi connectivity index (χ2n) is 4.00. The first-order valence-corrected chi connectivity index (χ1v) is 5.65. The minimum Gasteiger partial charge on any atom is -0.349 e. The molecule has 2 atom stereocenters. The van der Waals surface area contributed by atoms with E-state index in [0.29, 0.717) is 12.0 Å². The van der Waals surface area contributed by atoms with Gasteiger partial charge in [0.25, 0.3) is 5.91 Å². The summed E-state index contributed by atoms with van der Waals surface area (Å²) in [5.41, 5.74) is 2.08. The van der Waals surface area contributed by atoms with Gasteiger partial charge in [-0.1, -0.05) is 15.9 Å². The van der Waals surface area contributed by atoms with Gasteiger partial charge in [0.15, 0.2) is 0 Å². The van der Waals surface area contributed by atoms with Crippen LogP contribution in [0.1, 0.15) is 34.7 Å². The Morgan fingerprint density at radius 2 is 2.21 bits per heavy atom. The van der Waals surface area contributed by atoms with Crippen LogP contribution in [-0.2, 0) is 0 Å². The maximum atomic E-state index is 11.7. The summed E-state index contributed by atoms with van der Waals surface area (Å²) in [6.45, 7) is 0. The minimum absolute atomic E-state index is 0.0912. The first-order chi connectivity index (χ1) is 6.75. The molecule has 0 saturated heterocycles. The Morgan fingerprint density at radius 1 is 1.36 bits per heavy atom. The maximum absolute atomic E-state index is 11.7. The lowest BCUT2D eigenvalue weighted by Crippen LogP contribution is -2.49. The van der Waals surface area contributed by atoms with Crippen molar-refractivity contribution in [3.8, 4) is 0 Å². The number of hydrogen-bond donors (Lipinski definition) is 1. The van der Waals surface area contributed by atoms with Crippen molar-refractivity contribution in [1.29, 1.82) is 0 Å². The highest BCUT2D eigenvalue weighted by Crippen LogP contribution is 2.42. The standard InChI is InChI=1S/C11H10BrNO/c12-6-1-2-8-9(5-6)7-3-4-10(7)13-11(8)14/h1-2,5,7,10H,3-4H2,(H,13,14). The van der Waals surface area contributed by atoms with Gasteiger partial charge in [-0.15, -0.1) is 0 Å². The van der Waals surface area contributed by atoms with Gasteiger partial charge in [-0.05, 0) is 36.6 Å². The van der Waals surface area contributed by atoms with Crippen molar-refractivity contribution in [3.63, 3.8) is 0 Å². The van der Waals surface area contributed by atoms with Gasteiger partial charge in [0.2, 0.25) is 0 Å². The zero-order valence-electron chi connectivity index (χ0n) is 7.59. The molecule has 2 unspecified atom stereocenters. The van der Waals surface area contributed by atoms with E-state index in [0.717, 1.165) is 16.5 Å². The van der Waals surface area contributed by atoms with E-state index >= 15 is 0 Å². The van der Waals surface area contributed by atoms with Crippen LogP contribution >= 0.6 is 15.9 Å². The fourth-order valence-corrected chi connectivity index (χ4v) is 2.72. The number of hydrogen-bond acceptors (Lipinski definition) is 1. The van der Waals surface area contributed by atoms with Crippen LogP contribution in [-0.4, -0.2) is 11.9 Å². The number of fused-ring (bicyclic) bond motifs is 3. The van der Waals surface area contributed by atoms with Crippen LogP contribution in [0.25, 0.3) is 0 Å². The zero-order chi connectivity index (χ0) is 9.71. The van der Waals surface area contributed by atoms with E-state index in [-0.39, 0.29) is 5.91 Å². The number of benzene rings is 1. The summed E-state index contributed by atoms with van der Waals surface area (Å²) in [7, 11) is 0. The fourth-order valence-electron chi connectivity index (χ4n) is 2.34. The van der Waals surface area contributed by atoms with Crippen molar-refractivity contribution in [2.24, 2.45) is 0 Å². The zero-order valence-corrected chi connectivity index (χ0v) is 9.17. The number of carbonyl (C=O) groups excluding carboxylic acids is 1. The van der Waals surface area contributed by atoms with Gasteiger partial charge in [0.1, 0.15) is 0 Å². The highest BCUT2D eigenvalue weighted by molar-refractivity contribution is 9.10. The van der Waals surface area contributed by atoms with E-state index in [2.05, 4.69) is 27.3 Å².